The summed E-state index contributed by atoms with van der Waals surface area (Å²) in [7, 11) is 1.90. The van der Waals surface area contributed by atoms with E-state index in [2.05, 4.69) is 15.5 Å². The van der Waals surface area contributed by atoms with Crippen molar-refractivity contribution in [3.05, 3.63) is 42.0 Å². The number of nitrogens with two attached hydrogens (primary N) is 1. The highest BCUT2D eigenvalue weighted by atomic mass is 16.2. The Bertz CT molecular complexity index is 642. The minimum absolute atomic E-state index is 0.0921. The molecule has 1 amide bonds. The van der Waals surface area contributed by atoms with Gasteiger partial charge in [0.25, 0.3) is 0 Å². The van der Waals surface area contributed by atoms with Gasteiger partial charge in [0, 0.05) is 25.7 Å². The number of nitrogen functional groups attached to an aromatic ring is 1. The van der Waals surface area contributed by atoms with E-state index >= 15 is 0 Å². The zero-order valence-electron chi connectivity index (χ0n) is 12.0. The Balaban J connectivity index is 1.60. The van der Waals surface area contributed by atoms with Crippen LogP contribution in [0.2, 0.25) is 0 Å². The van der Waals surface area contributed by atoms with Gasteiger partial charge in [0.15, 0.2) is 0 Å². The van der Waals surface area contributed by atoms with Crippen molar-refractivity contribution in [2.45, 2.75) is 24.7 Å². The Hall–Kier alpha value is -2.37. The van der Waals surface area contributed by atoms with Crippen LogP contribution in [0.5, 0.6) is 0 Å². The average molecular weight is 285 g/mol. The average Bonchev–Trinajstić information content (AvgIpc) is 3.19. The van der Waals surface area contributed by atoms with Crippen LogP contribution < -0.4 is 11.1 Å². The van der Waals surface area contributed by atoms with Crippen LogP contribution in [-0.2, 0) is 23.7 Å². The number of hydrogen-bond donors (Lipinski definition) is 2. The molecule has 6 nitrogen and oxygen atoms in total. The first-order valence-corrected chi connectivity index (χ1v) is 7.09. The molecule has 0 radical (unpaired) electrons. The summed E-state index contributed by atoms with van der Waals surface area (Å²) >= 11 is 0. The van der Waals surface area contributed by atoms with E-state index in [0.717, 1.165) is 29.9 Å². The van der Waals surface area contributed by atoms with E-state index in [0.29, 0.717) is 13.0 Å². The van der Waals surface area contributed by atoms with E-state index in [1.54, 1.807) is 6.33 Å². The van der Waals surface area contributed by atoms with E-state index in [9.17, 15) is 4.79 Å². The summed E-state index contributed by atoms with van der Waals surface area (Å²) in [4.78, 5) is 12.4. The Morgan fingerprint density at radius 2 is 2.10 bits per heavy atom. The number of carbonyl (C=O) groups excluding carboxylic acids is 1. The summed E-state index contributed by atoms with van der Waals surface area (Å²) < 4.78 is 1.86. The number of nitrogens with zero attached hydrogens (tertiary/aromatic N) is 3. The summed E-state index contributed by atoms with van der Waals surface area (Å²) in [6.07, 6.45) is 4.13. The zero-order valence-corrected chi connectivity index (χ0v) is 12.0. The quantitative estimate of drug-likeness (QED) is 0.795. The standard InChI is InChI=1S/C15H19N5O/c1-20-10-18-19-13(20)6-9-17-14(21)15(7-8-15)11-2-4-12(16)5-3-11/h2-5,10H,6-9,16H2,1H3,(H,17,21). The topological polar surface area (TPSA) is 85.8 Å². The second-order valence-corrected chi connectivity index (χ2v) is 5.57. The highest BCUT2D eigenvalue weighted by Crippen LogP contribution is 2.48. The first-order valence-electron chi connectivity index (χ1n) is 7.09. The van der Waals surface area contributed by atoms with Crippen molar-refractivity contribution < 1.29 is 4.79 Å². The molecule has 3 N–H and O–H groups in total. The van der Waals surface area contributed by atoms with Crippen molar-refractivity contribution in [3.63, 3.8) is 0 Å². The third kappa shape index (κ3) is 2.61. The molecule has 1 aliphatic rings. The van der Waals surface area contributed by atoms with Crippen LogP contribution in [0.3, 0.4) is 0 Å². The van der Waals surface area contributed by atoms with Gasteiger partial charge in [-0.05, 0) is 30.5 Å². The van der Waals surface area contributed by atoms with Gasteiger partial charge in [0.1, 0.15) is 12.2 Å². The van der Waals surface area contributed by atoms with Gasteiger partial charge in [-0.15, -0.1) is 10.2 Å². The van der Waals surface area contributed by atoms with Gasteiger partial charge in [-0.2, -0.15) is 0 Å². The monoisotopic (exact) mass is 285 g/mol. The normalized spacial score (nSPS) is 15.7. The molecule has 1 aliphatic carbocycles. The number of amides is 1. The van der Waals surface area contributed by atoms with E-state index in [1.807, 2.05) is 35.9 Å². The summed E-state index contributed by atoms with van der Waals surface area (Å²) in [6.45, 7) is 0.572. The SMILES string of the molecule is Cn1cnnc1CCNC(=O)C1(c2ccc(N)cc2)CC1. The molecule has 1 saturated carbocycles. The largest absolute Gasteiger partial charge is 0.399 e. The number of aromatic nitrogens is 3. The van der Waals surface area contributed by atoms with Gasteiger partial charge in [-0.25, -0.2) is 0 Å². The molecule has 0 atom stereocenters. The molecule has 1 aromatic carbocycles. The van der Waals surface area contributed by atoms with Crippen molar-refractivity contribution in [1.82, 2.24) is 20.1 Å². The third-order valence-electron chi connectivity index (χ3n) is 4.09. The van der Waals surface area contributed by atoms with Gasteiger partial charge in [0.05, 0.1) is 5.41 Å². The Kier molecular flexibility index (Phi) is 3.37. The molecular formula is C15H19N5O. The summed E-state index contributed by atoms with van der Waals surface area (Å²) in [5.74, 6) is 0.960. The van der Waals surface area contributed by atoms with E-state index in [1.165, 1.54) is 0 Å². The first-order chi connectivity index (χ1) is 10.1. The van der Waals surface area contributed by atoms with Crippen LogP contribution in [-0.4, -0.2) is 27.2 Å². The number of aryl methyl sites for hydroxylation is 1. The Morgan fingerprint density at radius 1 is 1.38 bits per heavy atom. The summed E-state index contributed by atoms with van der Waals surface area (Å²) in [5.41, 5.74) is 7.11. The lowest BCUT2D eigenvalue weighted by Crippen LogP contribution is -2.36. The van der Waals surface area contributed by atoms with Gasteiger partial charge >= 0.3 is 0 Å². The maximum absolute atomic E-state index is 12.4. The second-order valence-electron chi connectivity index (χ2n) is 5.57. The number of nitrogens with one attached hydrogen (secondary N) is 1. The van der Waals surface area contributed by atoms with Gasteiger partial charge in [-0.3, -0.25) is 4.79 Å². The van der Waals surface area contributed by atoms with Crippen molar-refractivity contribution in [2.24, 2.45) is 7.05 Å². The molecule has 1 fully saturated rings. The maximum atomic E-state index is 12.4. The van der Waals surface area contributed by atoms with Crippen molar-refractivity contribution >= 4 is 11.6 Å². The molecular weight excluding hydrogens is 266 g/mol. The third-order valence-corrected chi connectivity index (χ3v) is 4.09. The lowest BCUT2D eigenvalue weighted by Gasteiger charge is -2.16. The number of carbonyl (C=O) groups is 1. The molecule has 3 rings (SSSR count). The van der Waals surface area contributed by atoms with Crippen molar-refractivity contribution in [3.8, 4) is 0 Å². The molecule has 0 aliphatic heterocycles. The van der Waals surface area contributed by atoms with Crippen LogP contribution in [0.1, 0.15) is 24.2 Å². The van der Waals surface area contributed by atoms with Crippen molar-refractivity contribution in [1.29, 1.82) is 0 Å². The first kappa shape index (κ1) is 13.6. The van der Waals surface area contributed by atoms with Gasteiger partial charge in [0.2, 0.25) is 5.91 Å². The number of rotatable bonds is 5. The summed E-state index contributed by atoms with van der Waals surface area (Å²) in [6, 6.07) is 7.60. The second kappa shape index (κ2) is 5.20. The zero-order chi connectivity index (χ0) is 14.9. The molecule has 21 heavy (non-hydrogen) atoms. The molecule has 0 saturated heterocycles. The predicted molar refractivity (Wildman–Crippen MR) is 79.5 cm³/mol. The molecule has 0 bridgehead atoms. The molecule has 1 aromatic heterocycles. The van der Waals surface area contributed by atoms with Crippen LogP contribution in [0.15, 0.2) is 30.6 Å². The molecule has 1 heterocycles. The van der Waals surface area contributed by atoms with Crippen LogP contribution in [0.4, 0.5) is 5.69 Å². The number of hydrogen-bond acceptors (Lipinski definition) is 4. The van der Waals surface area contributed by atoms with Gasteiger partial charge in [-0.1, -0.05) is 12.1 Å². The molecule has 0 unspecified atom stereocenters. The van der Waals surface area contributed by atoms with E-state index in [-0.39, 0.29) is 11.3 Å². The molecule has 2 aromatic rings. The lowest BCUT2D eigenvalue weighted by molar-refractivity contribution is -0.123. The maximum Gasteiger partial charge on any atom is 0.230 e. The number of anilines is 1. The van der Waals surface area contributed by atoms with E-state index < -0.39 is 0 Å². The highest BCUT2D eigenvalue weighted by molar-refractivity contribution is 5.91. The molecule has 6 heteroatoms. The van der Waals surface area contributed by atoms with Crippen LogP contribution in [0, 0.1) is 0 Å². The molecule has 110 valence electrons. The van der Waals surface area contributed by atoms with Crippen molar-refractivity contribution in [2.75, 3.05) is 12.3 Å². The Morgan fingerprint density at radius 3 is 2.67 bits per heavy atom. The minimum atomic E-state index is -0.354. The van der Waals surface area contributed by atoms with Crippen LogP contribution >= 0.6 is 0 Å². The molecule has 0 spiro atoms. The lowest BCUT2D eigenvalue weighted by atomic mass is 9.95. The Labute approximate surface area is 123 Å². The van der Waals surface area contributed by atoms with E-state index in [4.69, 9.17) is 5.73 Å². The summed E-state index contributed by atoms with van der Waals surface area (Å²) in [5, 5.41) is 10.8. The fraction of sp³-hybridized carbons (Fsp3) is 0.400. The fourth-order valence-corrected chi connectivity index (χ4v) is 2.56. The van der Waals surface area contributed by atoms with Crippen LogP contribution in [0.25, 0.3) is 0 Å². The number of benzene rings is 1. The highest BCUT2D eigenvalue weighted by Gasteiger charge is 2.50. The van der Waals surface area contributed by atoms with Gasteiger partial charge < -0.3 is 15.6 Å². The fourth-order valence-electron chi connectivity index (χ4n) is 2.56. The minimum Gasteiger partial charge on any atom is -0.399 e. The smallest absolute Gasteiger partial charge is 0.230 e. The predicted octanol–water partition coefficient (Wildman–Crippen LogP) is 0.788.